The Bertz CT molecular complexity index is 405. The summed E-state index contributed by atoms with van der Waals surface area (Å²) in [7, 11) is 1.97. The Morgan fingerprint density at radius 2 is 2.28 bits per heavy atom. The van der Waals surface area contributed by atoms with Gasteiger partial charge in [0.15, 0.2) is 0 Å². The molecular formula is C13H22ClN3O. The van der Waals surface area contributed by atoms with E-state index in [1.165, 1.54) is 0 Å². The van der Waals surface area contributed by atoms with Crippen LogP contribution in [0.4, 0.5) is 0 Å². The van der Waals surface area contributed by atoms with Gasteiger partial charge in [-0.15, -0.1) is 0 Å². The molecule has 1 aliphatic heterocycles. The first-order chi connectivity index (χ1) is 8.54. The van der Waals surface area contributed by atoms with Crippen molar-refractivity contribution >= 4 is 11.6 Å². The van der Waals surface area contributed by atoms with Crippen molar-refractivity contribution in [2.75, 3.05) is 13.7 Å². The zero-order chi connectivity index (χ0) is 13.3. The van der Waals surface area contributed by atoms with Crippen LogP contribution in [-0.2, 0) is 4.74 Å². The molecular weight excluding hydrogens is 250 g/mol. The average Bonchev–Trinajstić information content (AvgIpc) is 2.88. The molecule has 0 aliphatic carbocycles. The Hall–Kier alpha value is -0.580. The molecule has 1 aromatic rings. The van der Waals surface area contributed by atoms with E-state index in [-0.39, 0.29) is 6.04 Å². The summed E-state index contributed by atoms with van der Waals surface area (Å²) in [5, 5.41) is 8.49. The summed E-state index contributed by atoms with van der Waals surface area (Å²) in [5.41, 5.74) is 1.08. The van der Waals surface area contributed by atoms with Crippen LogP contribution in [0.2, 0.25) is 5.02 Å². The van der Waals surface area contributed by atoms with E-state index in [0.717, 1.165) is 23.7 Å². The highest BCUT2D eigenvalue weighted by Gasteiger charge is 2.33. The number of ether oxygens (including phenoxy) is 1. The molecule has 1 saturated heterocycles. The minimum absolute atomic E-state index is 0.201. The summed E-state index contributed by atoms with van der Waals surface area (Å²) in [6.45, 7) is 7.14. The quantitative estimate of drug-likeness (QED) is 0.915. The van der Waals surface area contributed by atoms with Gasteiger partial charge in [-0.25, -0.2) is 0 Å². The molecule has 0 spiro atoms. The molecule has 5 heteroatoms. The number of halogens is 1. The van der Waals surface area contributed by atoms with Crippen molar-refractivity contribution in [1.82, 2.24) is 15.1 Å². The van der Waals surface area contributed by atoms with Gasteiger partial charge >= 0.3 is 0 Å². The molecule has 2 heterocycles. The van der Waals surface area contributed by atoms with E-state index in [0.29, 0.717) is 18.1 Å². The number of hydrogen-bond acceptors (Lipinski definition) is 3. The van der Waals surface area contributed by atoms with Gasteiger partial charge in [0.05, 0.1) is 35.7 Å². The van der Waals surface area contributed by atoms with Crippen molar-refractivity contribution in [2.24, 2.45) is 5.92 Å². The Kier molecular flexibility index (Phi) is 4.30. The highest BCUT2D eigenvalue weighted by molar-refractivity contribution is 6.31. The van der Waals surface area contributed by atoms with Crippen molar-refractivity contribution in [3.8, 4) is 0 Å². The molecule has 18 heavy (non-hydrogen) atoms. The normalized spacial score (nSPS) is 25.9. The maximum atomic E-state index is 6.31. The number of rotatable bonds is 4. The molecule has 3 unspecified atom stereocenters. The van der Waals surface area contributed by atoms with Gasteiger partial charge in [-0.3, -0.25) is 4.68 Å². The first kappa shape index (κ1) is 13.8. The van der Waals surface area contributed by atoms with Crippen LogP contribution in [-0.4, -0.2) is 29.5 Å². The molecule has 102 valence electrons. The second-order valence-electron chi connectivity index (χ2n) is 5.32. The van der Waals surface area contributed by atoms with Gasteiger partial charge in [-0.05, 0) is 34.2 Å². The van der Waals surface area contributed by atoms with Gasteiger partial charge < -0.3 is 10.1 Å². The van der Waals surface area contributed by atoms with Crippen LogP contribution in [0.15, 0.2) is 6.20 Å². The number of hydrogen-bond donors (Lipinski definition) is 1. The first-order valence-corrected chi connectivity index (χ1v) is 6.94. The van der Waals surface area contributed by atoms with Gasteiger partial charge in [-0.1, -0.05) is 11.6 Å². The lowest BCUT2D eigenvalue weighted by Crippen LogP contribution is -2.29. The van der Waals surface area contributed by atoms with Gasteiger partial charge in [0.1, 0.15) is 0 Å². The fraction of sp³-hybridized carbons (Fsp3) is 0.769. The van der Waals surface area contributed by atoms with E-state index in [1.54, 1.807) is 6.20 Å². The maximum Gasteiger partial charge on any atom is 0.0834 e. The lowest BCUT2D eigenvalue weighted by Gasteiger charge is -2.25. The number of aromatic nitrogens is 2. The third-order valence-electron chi connectivity index (χ3n) is 3.58. The summed E-state index contributed by atoms with van der Waals surface area (Å²) in [5.74, 6) is 0.455. The standard InChI is InChI=1S/C13H22ClN3O/c1-8(2)17-13(11(14)6-16-17)12(15-4)10-5-9(3)18-7-10/h6,8-10,12,15H,5,7H2,1-4H3. The summed E-state index contributed by atoms with van der Waals surface area (Å²) in [6.07, 6.45) is 3.13. The monoisotopic (exact) mass is 271 g/mol. The van der Waals surface area contributed by atoms with Crippen molar-refractivity contribution < 1.29 is 4.74 Å². The van der Waals surface area contributed by atoms with Crippen LogP contribution < -0.4 is 5.32 Å². The van der Waals surface area contributed by atoms with Crippen LogP contribution in [0.25, 0.3) is 0 Å². The highest BCUT2D eigenvalue weighted by Crippen LogP contribution is 2.35. The Balaban J connectivity index is 2.29. The van der Waals surface area contributed by atoms with Gasteiger partial charge in [-0.2, -0.15) is 5.10 Å². The van der Waals surface area contributed by atoms with E-state index in [4.69, 9.17) is 16.3 Å². The maximum absolute atomic E-state index is 6.31. The number of nitrogens with zero attached hydrogens (tertiary/aromatic N) is 2. The van der Waals surface area contributed by atoms with Crippen LogP contribution in [0.1, 0.15) is 45.0 Å². The molecule has 1 aromatic heterocycles. The van der Waals surface area contributed by atoms with Crippen LogP contribution in [0.5, 0.6) is 0 Å². The van der Waals surface area contributed by atoms with Crippen molar-refractivity contribution in [3.05, 3.63) is 16.9 Å². The van der Waals surface area contributed by atoms with Crippen molar-refractivity contribution in [1.29, 1.82) is 0 Å². The minimum Gasteiger partial charge on any atom is -0.378 e. The first-order valence-electron chi connectivity index (χ1n) is 6.56. The summed E-state index contributed by atoms with van der Waals surface area (Å²) in [4.78, 5) is 0. The Morgan fingerprint density at radius 1 is 1.56 bits per heavy atom. The highest BCUT2D eigenvalue weighted by atomic mass is 35.5. The fourth-order valence-electron chi connectivity index (χ4n) is 2.73. The average molecular weight is 272 g/mol. The van der Waals surface area contributed by atoms with Gasteiger partial charge in [0, 0.05) is 12.0 Å². The predicted molar refractivity (Wildman–Crippen MR) is 72.9 cm³/mol. The third-order valence-corrected chi connectivity index (χ3v) is 3.87. The predicted octanol–water partition coefficient (Wildman–Crippen LogP) is 2.80. The molecule has 0 bridgehead atoms. The van der Waals surface area contributed by atoms with E-state index in [9.17, 15) is 0 Å². The molecule has 0 saturated carbocycles. The minimum atomic E-state index is 0.201. The molecule has 2 rings (SSSR count). The largest absolute Gasteiger partial charge is 0.378 e. The van der Waals surface area contributed by atoms with Crippen LogP contribution in [0.3, 0.4) is 0 Å². The summed E-state index contributed by atoms with van der Waals surface area (Å²) in [6, 6.07) is 0.510. The van der Waals surface area contributed by atoms with Crippen LogP contribution in [0, 0.1) is 5.92 Å². The van der Waals surface area contributed by atoms with E-state index in [2.05, 4.69) is 31.2 Å². The van der Waals surface area contributed by atoms with E-state index in [1.807, 2.05) is 11.7 Å². The SMILES string of the molecule is CNC(c1c(Cl)cnn1C(C)C)C1COC(C)C1. The van der Waals surface area contributed by atoms with Crippen molar-refractivity contribution in [2.45, 2.75) is 45.4 Å². The molecule has 0 aromatic carbocycles. The second kappa shape index (κ2) is 5.59. The van der Waals surface area contributed by atoms with Crippen molar-refractivity contribution in [3.63, 3.8) is 0 Å². The third kappa shape index (κ3) is 2.56. The summed E-state index contributed by atoms with van der Waals surface area (Å²) < 4.78 is 7.68. The molecule has 1 N–H and O–H groups in total. The van der Waals surface area contributed by atoms with E-state index < -0.39 is 0 Å². The molecule has 0 amide bonds. The zero-order valence-corrected chi connectivity index (χ0v) is 12.2. The molecule has 3 atom stereocenters. The molecule has 1 aliphatic rings. The van der Waals surface area contributed by atoms with Gasteiger partial charge in [0.25, 0.3) is 0 Å². The molecule has 1 fully saturated rings. The Morgan fingerprint density at radius 3 is 2.78 bits per heavy atom. The lowest BCUT2D eigenvalue weighted by atomic mass is 9.94. The molecule has 4 nitrogen and oxygen atoms in total. The second-order valence-corrected chi connectivity index (χ2v) is 5.73. The zero-order valence-electron chi connectivity index (χ0n) is 11.5. The van der Waals surface area contributed by atoms with Gasteiger partial charge in [0.2, 0.25) is 0 Å². The fourth-order valence-corrected chi connectivity index (χ4v) is 2.98. The Labute approximate surface area is 114 Å². The smallest absolute Gasteiger partial charge is 0.0834 e. The topological polar surface area (TPSA) is 39.1 Å². The van der Waals surface area contributed by atoms with Crippen LogP contribution >= 0.6 is 11.6 Å². The summed E-state index contributed by atoms with van der Waals surface area (Å²) >= 11 is 6.31. The molecule has 0 radical (unpaired) electrons. The lowest BCUT2D eigenvalue weighted by molar-refractivity contribution is 0.116. The number of nitrogens with one attached hydrogen (secondary N) is 1. The van der Waals surface area contributed by atoms with E-state index >= 15 is 0 Å².